The van der Waals surface area contributed by atoms with Crippen LogP contribution in [0.3, 0.4) is 0 Å². The van der Waals surface area contributed by atoms with Crippen molar-refractivity contribution < 1.29 is 9.90 Å². The summed E-state index contributed by atoms with van der Waals surface area (Å²) in [7, 11) is 0. The van der Waals surface area contributed by atoms with Crippen LogP contribution in [0.25, 0.3) is 11.0 Å². The van der Waals surface area contributed by atoms with Crippen molar-refractivity contribution in [1.82, 2.24) is 15.0 Å². The minimum absolute atomic E-state index is 0.267. The first-order valence-electron chi connectivity index (χ1n) is 4.43. The van der Waals surface area contributed by atoms with E-state index >= 15 is 0 Å². The standard InChI is InChI=1S/C9H10N4O2/c10-7(9(14)15)1-5-2-12-8-6(5)3-11-4-13-8/h2-4,7H,1,10H2,(H,14,15)(H,11,12,13)/t7-/m1/s1. The number of hydrogen-bond donors (Lipinski definition) is 3. The third-order valence-corrected chi connectivity index (χ3v) is 2.20. The second-order valence-corrected chi connectivity index (χ2v) is 3.25. The number of fused-ring (bicyclic) bond motifs is 1. The van der Waals surface area contributed by atoms with E-state index < -0.39 is 12.0 Å². The summed E-state index contributed by atoms with van der Waals surface area (Å²) >= 11 is 0. The van der Waals surface area contributed by atoms with Crippen LogP contribution in [0, 0.1) is 0 Å². The zero-order chi connectivity index (χ0) is 10.8. The summed E-state index contributed by atoms with van der Waals surface area (Å²) in [5.41, 5.74) is 6.96. The number of carboxylic acid groups (broad SMARTS) is 1. The Balaban J connectivity index is 2.32. The topological polar surface area (TPSA) is 105 Å². The van der Waals surface area contributed by atoms with Gasteiger partial charge in [-0.05, 0) is 5.56 Å². The summed E-state index contributed by atoms with van der Waals surface area (Å²) in [6.07, 6.45) is 5.05. The van der Waals surface area contributed by atoms with E-state index in [-0.39, 0.29) is 6.42 Å². The van der Waals surface area contributed by atoms with Gasteiger partial charge in [-0.1, -0.05) is 0 Å². The van der Waals surface area contributed by atoms with Crippen molar-refractivity contribution in [2.45, 2.75) is 12.5 Å². The molecule has 0 aliphatic heterocycles. The van der Waals surface area contributed by atoms with E-state index in [0.717, 1.165) is 10.9 Å². The van der Waals surface area contributed by atoms with Crippen molar-refractivity contribution in [2.75, 3.05) is 0 Å². The number of H-pyrrole nitrogens is 1. The lowest BCUT2D eigenvalue weighted by atomic mass is 10.1. The van der Waals surface area contributed by atoms with Crippen LogP contribution in [0.15, 0.2) is 18.7 Å². The second kappa shape index (κ2) is 3.66. The summed E-state index contributed by atoms with van der Waals surface area (Å²) in [5, 5.41) is 9.50. The molecule has 0 aliphatic carbocycles. The molecule has 0 saturated carbocycles. The van der Waals surface area contributed by atoms with Crippen LogP contribution in [-0.2, 0) is 11.2 Å². The van der Waals surface area contributed by atoms with Gasteiger partial charge in [-0.15, -0.1) is 0 Å². The van der Waals surface area contributed by atoms with Crippen LogP contribution in [0.5, 0.6) is 0 Å². The molecule has 0 saturated heterocycles. The lowest BCUT2D eigenvalue weighted by Crippen LogP contribution is -2.32. The quantitative estimate of drug-likeness (QED) is 0.651. The van der Waals surface area contributed by atoms with Crippen LogP contribution in [0.1, 0.15) is 5.56 Å². The first kappa shape index (κ1) is 9.60. The monoisotopic (exact) mass is 206 g/mol. The molecule has 2 aromatic heterocycles. The van der Waals surface area contributed by atoms with Crippen molar-refractivity contribution >= 4 is 17.0 Å². The van der Waals surface area contributed by atoms with Gasteiger partial charge in [-0.2, -0.15) is 0 Å². The van der Waals surface area contributed by atoms with Crippen molar-refractivity contribution in [1.29, 1.82) is 0 Å². The van der Waals surface area contributed by atoms with Crippen molar-refractivity contribution in [3.8, 4) is 0 Å². The van der Waals surface area contributed by atoms with Gasteiger partial charge in [0.05, 0.1) is 0 Å². The molecule has 6 nitrogen and oxygen atoms in total. The van der Waals surface area contributed by atoms with Gasteiger partial charge in [0.2, 0.25) is 0 Å². The van der Waals surface area contributed by atoms with Gasteiger partial charge in [0.1, 0.15) is 18.0 Å². The maximum Gasteiger partial charge on any atom is 0.320 e. The molecular formula is C9H10N4O2. The predicted molar refractivity (Wildman–Crippen MR) is 53.2 cm³/mol. The molecule has 0 amide bonds. The number of nitrogens with two attached hydrogens (primary N) is 1. The van der Waals surface area contributed by atoms with Crippen LogP contribution in [0.4, 0.5) is 0 Å². The lowest BCUT2D eigenvalue weighted by molar-refractivity contribution is -0.138. The van der Waals surface area contributed by atoms with E-state index in [2.05, 4.69) is 15.0 Å². The van der Waals surface area contributed by atoms with Gasteiger partial charge < -0.3 is 15.8 Å². The van der Waals surface area contributed by atoms with E-state index in [0.29, 0.717) is 5.65 Å². The van der Waals surface area contributed by atoms with E-state index in [1.807, 2.05) is 0 Å². The Hall–Kier alpha value is -1.95. The molecule has 2 aromatic rings. The Morgan fingerprint density at radius 2 is 2.47 bits per heavy atom. The molecule has 2 rings (SSSR count). The maximum atomic E-state index is 10.6. The molecule has 0 unspecified atom stereocenters. The van der Waals surface area contributed by atoms with E-state index in [4.69, 9.17) is 10.8 Å². The van der Waals surface area contributed by atoms with Crippen LogP contribution in [0.2, 0.25) is 0 Å². The highest BCUT2D eigenvalue weighted by Gasteiger charge is 2.14. The van der Waals surface area contributed by atoms with Crippen LogP contribution >= 0.6 is 0 Å². The van der Waals surface area contributed by atoms with Crippen molar-refractivity contribution in [2.24, 2.45) is 5.73 Å². The molecular weight excluding hydrogens is 196 g/mol. The minimum Gasteiger partial charge on any atom is -0.480 e. The normalized spacial score (nSPS) is 12.9. The molecule has 0 aromatic carbocycles. The number of hydrogen-bond acceptors (Lipinski definition) is 4. The van der Waals surface area contributed by atoms with E-state index in [1.165, 1.54) is 6.33 Å². The largest absolute Gasteiger partial charge is 0.480 e. The number of aromatic amines is 1. The molecule has 0 aliphatic rings. The molecule has 1 atom stereocenters. The molecule has 15 heavy (non-hydrogen) atoms. The average molecular weight is 206 g/mol. The average Bonchev–Trinajstić information content (AvgIpc) is 2.62. The molecule has 0 fully saturated rings. The number of rotatable bonds is 3. The van der Waals surface area contributed by atoms with Gasteiger partial charge in [0, 0.05) is 24.2 Å². The predicted octanol–water partition coefficient (Wildman–Crippen LogP) is -0.0877. The Morgan fingerprint density at radius 1 is 1.67 bits per heavy atom. The molecule has 6 heteroatoms. The highest BCUT2D eigenvalue weighted by molar-refractivity contribution is 5.80. The Labute approximate surface area is 85.2 Å². The van der Waals surface area contributed by atoms with Gasteiger partial charge in [-0.25, -0.2) is 9.97 Å². The number of nitrogens with one attached hydrogen (secondary N) is 1. The summed E-state index contributed by atoms with van der Waals surface area (Å²) in [4.78, 5) is 21.4. The highest BCUT2D eigenvalue weighted by atomic mass is 16.4. The van der Waals surface area contributed by atoms with Gasteiger partial charge in [0.15, 0.2) is 0 Å². The zero-order valence-electron chi connectivity index (χ0n) is 7.84. The lowest BCUT2D eigenvalue weighted by Gasteiger charge is -2.03. The minimum atomic E-state index is -1.01. The summed E-state index contributed by atoms with van der Waals surface area (Å²) in [6, 6.07) is -0.899. The van der Waals surface area contributed by atoms with Crippen molar-refractivity contribution in [3.05, 3.63) is 24.3 Å². The van der Waals surface area contributed by atoms with Gasteiger partial charge >= 0.3 is 5.97 Å². The Kier molecular flexibility index (Phi) is 2.34. The van der Waals surface area contributed by atoms with E-state index in [1.54, 1.807) is 12.4 Å². The summed E-state index contributed by atoms with van der Waals surface area (Å²) < 4.78 is 0. The van der Waals surface area contributed by atoms with Crippen LogP contribution < -0.4 is 5.73 Å². The van der Waals surface area contributed by atoms with Crippen molar-refractivity contribution in [3.63, 3.8) is 0 Å². The number of nitrogens with zero attached hydrogens (tertiary/aromatic N) is 2. The summed E-state index contributed by atoms with van der Waals surface area (Å²) in [5.74, 6) is -1.01. The fourth-order valence-corrected chi connectivity index (χ4v) is 1.41. The molecule has 4 N–H and O–H groups in total. The molecule has 78 valence electrons. The first-order valence-corrected chi connectivity index (χ1v) is 4.43. The van der Waals surface area contributed by atoms with Crippen LogP contribution in [-0.4, -0.2) is 32.1 Å². The molecule has 0 spiro atoms. The molecule has 0 radical (unpaired) electrons. The molecule has 2 heterocycles. The number of carboxylic acids is 1. The van der Waals surface area contributed by atoms with Gasteiger partial charge in [0.25, 0.3) is 0 Å². The number of aromatic nitrogens is 3. The first-order chi connectivity index (χ1) is 7.18. The third-order valence-electron chi connectivity index (χ3n) is 2.20. The molecule has 0 bridgehead atoms. The zero-order valence-corrected chi connectivity index (χ0v) is 7.84. The van der Waals surface area contributed by atoms with Gasteiger partial charge in [-0.3, -0.25) is 4.79 Å². The second-order valence-electron chi connectivity index (χ2n) is 3.25. The van der Waals surface area contributed by atoms with E-state index in [9.17, 15) is 4.79 Å². The Bertz CT molecular complexity index is 494. The highest BCUT2D eigenvalue weighted by Crippen LogP contribution is 2.15. The fraction of sp³-hybridized carbons (Fsp3) is 0.222. The fourth-order valence-electron chi connectivity index (χ4n) is 1.41. The number of carbonyl (C=O) groups is 1. The SMILES string of the molecule is N[C@H](Cc1c[nH]c2ncncc12)C(=O)O. The third kappa shape index (κ3) is 1.79. The number of aliphatic carboxylic acids is 1. The smallest absolute Gasteiger partial charge is 0.320 e. The Morgan fingerprint density at radius 3 is 3.20 bits per heavy atom. The maximum absolute atomic E-state index is 10.6. The summed E-state index contributed by atoms with van der Waals surface area (Å²) in [6.45, 7) is 0.